The van der Waals surface area contributed by atoms with Crippen LogP contribution in [-0.2, 0) is 28.6 Å². The number of esters is 3. The third-order valence-corrected chi connectivity index (χ3v) is 10.9. The van der Waals surface area contributed by atoms with Crippen molar-refractivity contribution in [1.82, 2.24) is 0 Å². The molecule has 6 nitrogen and oxygen atoms in total. The van der Waals surface area contributed by atoms with Gasteiger partial charge in [0.25, 0.3) is 0 Å². The first kappa shape index (κ1) is 62.8. The topological polar surface area (TPSA) is 78.9 Å². The lowest BCUT2D eigenvalue weighted by atomic mass is 10.1. The van der Waals surface area contributed by atoms with Crippen molar-refractivity contribution >= 4 is 17.9 Å². The van der Waals surface area contributed by atoms with Gasteiger partial charge in [-0.05, 0) is 122 Å². The summed E-state index contributed by atoms with van der Waals surface area (Å²) < 4.78 is 16.8. The predicted molar refractivity (Wildman–Crippen MR) is 288 cm³/mol. The van der Waals surface area contributed by atoms with Crippen LogP contribution in [0.3, 0.4) is 0 Å². The highest BCUT2D eigenvalue weighted by molar-refractivity contribution is 5.71. The molecule has 67 heavy (non-hydrogen) atoms. The van der Waals surface area contributed by atoms with Crippen LogP contribution in [0.2, 0.25) is 0 Å². The van der Waals surface area contributed by atoms with Crippen molar-refractivity contribution in [2.45, 2.75) is 232 Å². The number of carbonyl (C=O) groups is 3. The third kappa shape index (κ3) is 52.6. The Labute approximate surface area is 412 Å². The van der Waals surface area contributed by atoms with E-state index in [0.29, 0.717) is 12.8 Å². The highest BCUT2D eigenvalue weighted by Gasteiger charge is 2.19. The quantitative estimate of drug-likeness (QED) is 0.0262. The zero-order valence-corrected chi connectivity index (χ0v) is 43.1. The summed E-state index contributed by atoms with van der Waals surface area (Å²) in [4.78, 5) is 38.1. The maximum absolute atomic E-state index is 12.8. The van der Waals surface area contributed by atoms with Crippen molar-refractivity contribution in [1.29, 1.82) is 0 Å². The summed E-state index contributed by atoms with van der Waals surface area (Å²) in [5.74, 6) is -0.962. The predicted octanol–water partition coefficient (Wildman–Crippen LogP) is 18.1. The van der Waals surface area contributed by atoms with E-state index in [1.165, 1.54) is 38.5 Å². The average molecular weight is 927 g/mol. The van der Waals surface area contributed by atoms with Crippen molar-refractivity contribution in [2.75, 3.05) is 13.2 Å². The van der Waals surface area contributed by atoms with E-state index in [4.69, 9.17) is 14.2 Å². The molecule has 0 rings (SSSR count). The lowest BCUT2D eigenvalue weighted by molar-refractivity contribution is -0.167. The maximum Gasteiger partial charge on any atom is 0.306 e. The van der Waals surface area contributed by atoms with Crippen LogP contribution in [0.25, 0.3) is 0 Å². The first-order valence-corrected chi connectivity index (χ1v) is 27.0. The van der Waals surface area contributed by atoms with Crippen LogP contribution in [0, 0.1) is 0 Å². The number of hydrogen-bond acceptors (Lipinski definition) is 6. The van der Waals surface area contributed by atoms with Gasteiger partial charge in [-0.1, -0.05) is 206 Å². The van der Waals surface area contributed by atoms with Gasteiger partial charge >= 0.3 is 17.9 Å². The Kier molecular flexibility index (Phi) is 51.0. The van der Waals surface area contributed by atoms with Gasteiger partial charge in [-0.2, -0.15) is 0 Å². The average Bonchev–Trinajstić information content (AvgIpc) is 3.33. The molecule has 6 heteroatoms. The van der Waals surface area contributed by atoms with E-state index in [9.17, 15) is 14.4 Å². The molecular weight excluding hydrogens is 829 g/mol. The zero-order valence-electron chi connectivity index (χ0n) is 43.1. The minimum atomic E-state index is -0.808. The van der Waals surface area contributed by atoms with Gasteiger partial charge in [0.05, 0.1) is 0 Å². The summed E-state index contributed by atoms with van der Waals surface area (Å²) in [6, 6.07) is 0. The summed E-state index contributed by atoms with van der Waals surface area (Å²) in [5, 5.41) is 0. The van der Waals surface area contributed by atoms with Gasteiger partial charge in [0.2, 0.25) is 0 Å². The van der Waals surface area contributed by atoms with Gasteiger partial charge in [0.15, 0.2) is 6.10 Å². The monoisotopic (exact) mass is 927 g/mol. The Bertz CT molecular complexity index is 1440. The van der Waals surface area contributed by atoms with Crippen LogP contribution >= 0.6 is 0 Å². The molecule has 1 atom stereocenters. The second-order valence-electron chi connectivity index (χ2n) is 17.3. The minimum Gasteiger partial charge on any atom is -0.462 e. The van der Waals surface area contributed by atoms with Gasteiger partial charge in [-0.25, -0.2) is 0 Å². The number of ether oxygens (including phenoxy) is 3. The van der Waals surface area contributed by atoms with Gasteiger partial charge in [-0.3, -0.25) is 14.4 Å². The molecule has 0 saturated heterocycles. The smallest absolute Gasteiger partial charge is 0.306 e. The molecule has 1 unspecified atom stereocenters. The summed E-state index contributed by atoms with van der Waals surface area (Å²) in [6.45, 7) is 6.25. The molecule has 0 aromatic carbocycles. The third-order valence-electron chi connectivity index (χ3n) is 10.9. The van der Waals surface area contributed by atoms with Gasteiger partial charge in [-0.15, -0.1) is 0 Å². The molecule has 0 saturated carbocycles. The van der Waals surface area contributed by atoms with E-state index in [0.717, 1.165) is 148 Å². The molecular formula is C61H98O6. The Morgan fingerprint density at radius 3 is 0.851 bits per heavy atom. The molecule has 0 aromatic heterocycles. The van der Waals surface area contributed by atoms with Crippen molar-refractivity contribution in [3.63, 3.8) is 0 Å². The Balaban J connectivity index is 4.49. The molecule has 0 spiro atoms. The lowest BCUT2D eigenvalue weighted by Crippen LogP contribution is -2.30. The fourth-order valence-corrected chi connectivity index (χ4v) is 6.99. The number of unbranched alkanes of at least 4 members (excludes halogenated alkanes) is 16. The Hall–Kier alpha value is -4.19. The number of carbonyl (C=O) groups excluding carboxylic acids is 3. The molecule has 0 aliphatic carbocycles. The molecule has 0 bridgehead atoms. The Morgan fingerprint density at radius 1 is 0.299 bits per heavy atom. The van der Waals surface area contributed by atoms with Crippen LogP contribution in [-0.4, -0.2) is 37.2 Å². The zero-order chi connectivity index (χ0) is 48.6. The maximum atomic E-state index is 12.8. The van der Waals surface area contributed by atoms with Crippen molar-refractivity contribution in [3.8, 4) is 0 Å². The molecule has 378 valence electrons. The summed E-state index contributed by atoms with van der Waals surface area (Å²) in [6.07, 6.45) is 74.7. The molecule has 0 aliphatic heterocycles. The minimum absolute atomic E-state index is 0.103. The largest absolute Gasteiger partial charge is 0.462 e. The normalized spacial score (nSPS) is 13.1. The van der Waals surface area contributed by atoms with Gasteiger partial charge < -0.3 is 14.2 Å². The summed E-state index contributed by atoms with van der Waals surface area (Å²) >= 11 is 0. The highest BCUT2D eigenvalue weighted by atomic mass is 16.6. The van der Waals surface area contributed by atoms with E-state index in [2.05, 4.69) is 142 Å². The van der Waals surface area contributed by atoms with Crippen LogP contribution in [0.4, 0.5) is 0 Å². The summed E-state index contributed by atoms with van der Waals surface area (Å²) in [7, 11) is 0. The lowest BCUT2D eigenvalue weighted by Gasteiger charge is -2.18. The fraction of sp³-hybridized carbons (Fsp3) is 0.623. The van der Waals surface area contributed by atoms with Gasteiger partial charge in [0, 0.05) is 19.3 Å². The van der Waals surface area contributed by atoms with Crippen molar-refractivity contribution in [2.24, 2.45) is 0 Å². The number of allylic oxidation sites excluding steroid dienone is 20. The molecule has 0 amide bonds. The van der Waals surface area contributed by atoms with E-state index in [1.807, 2.05) is 0 Å². The SMILES string of the molecule is CC/C=C\C/C=C\C/C=C\C/C=C\CCCCCCCCC(=O)OCC(COC(=O)CCCCCCCCC/C=C\C/C=C\CC)OC(=O)CCCCC/C=C\C/C=C\C/C=C\C/C=C\CC. The van der Waals surface area contributed by atoms with Crippen LogP contribution < -0.4 is 0 Å². The van der Waals surface area contributed by atoms with E-state index < -0.39 is 6.10 Å². The molecule has 0 heterocycles. The first-order valence-electron chi connectivity index (χ1n) is 27.0. The molecule has 0 N–H and O–H groups in total. The molecule has 0 fully saturated rings. The van der Waals surface area contributed by atoms with Gasteiger partial charge in [0.1, 0.15) is 13.2 Å². The van der Waals surface area contributed by atoms with Crippen LogP contribution in [0.1, 0.15) is 226 Å². The fourth-order valence-electron chi connectivity index (χ4n) is 6.99. The van der Waals surface area contributed by atoms with E-state index >= 15 is 0 Å². The number of hydrogen-bond donors (Lipinski definition) is 0. The van der Waals surface area contributed by atoms with Crippen molar-refractivity contribution in [3.05, 3.63) is 122 Å². The van der Waals surface area contributed by atoms with E-state index in [1.54, 1.807) is 0 Å². The standard InChI is InChI=1S/C61H98O6/c1-4-7-10-13-16-19-22-25-28-30-31-32-34-36-39-42-45-48-51-54-60(63)66-57-58(56-65-59(62)53-50-47-44-41-38-35-27-24-21-18-15-12-9-6-3)67-61(64)55-52-49-46-43-40-37-33-29-26-23-20-17-14-11-8-5-2/h7-12,16-21,25-26,28-29,31-32,37,40,58H,4-6,13-15,22-24,27,30,33-36,38-39,41-57H2,1-3H3/b10-7-,11-8-,12-9-,19-16-,20-17-,21-18-,28-25-,29-26-,32-31-,40-37-. The first-order chi connectivity index (χ1) is 33.0. The molecule has 0 radical (unpaired) electrons. The summed E-state index contributed by atoms with van der Waals surface area (Å²) in [5.41, 5.74) is 0. The second kappa shape index (κ2) is 54.4. The van der Waals surface area contributed by atoms with E-state index in [-0.39, 0.29) is 37.5 Å². The second-order valence-corrected chi connectivity index (χ2v) is 17.3. The Morgan fingerprint density at radius 2 is 0.537 bits per heavy atom. The van der Waals surface area contributed by atoms with Crippen LogP contribution in [0.15, 0.2) is 122 Å². The molecule has 0 aliphatic rings. The van der Waals surface area contributed by atoms with Crippen molar-refractivity contribution < 1.29 is 28.6 Å². The van der Waals surface area contributed by atoms with Crippen LogP contribution in [0.5, 0.6) is 0 Å². The molecule has 0 aromatic rings. The highest BCUT2D eigenvalue weighted by Crippen LogP contribution is 2.13. The number of rotatable bonds is 47.